The van der Waals surface area contributed by atoms with Crippen LogP contribution in [0.3, 0.4) is 0 Å². The Labute approximate surface area is 113 Å². The van der Waals surface area contributed by atoms with Gasteiger partial charge in [0.25, 0.3) is 0 Å². The first-order chi connectivity index (χ1) is 9.02. The number of carbonyl (C=O) groups excluding carboxylic acids is 1. The highest BCUT2D eigenvalue weighted by atomic mass is 16.6. The van der Waals surface area contributed by atoms with Crippen molar-refractivity contribution in [2.45, 2.75) is 38.4 Å². The van der Waals surface area contributed by atoms with Crippen LogP contribution in [0.4, 0.5) is 0 Å². The highest BCUT2D eigenvalue weighted by molar-refractivity contribution is 5.91. The second-order valence-corrected chi connectivity index (χ2v) is 5.26. The van der Waals surface area contributed by atoms with Crippen LogP contribution in [0.5, 0.6) is 0 Å². The Morgan fingerprint density at radius 2 is 2.26 bits per heavy atom. The van der Waals surface area contributed by atoms with Gasteiger partial charge in [-0.05, 0) is 25.3 Å². The van der Waals surface area contributed by atoms with Crippen LogP contribution < -0.4 is 0 Å². The third kappa shape index (κ3) is 2.96. The van der Waals surface area contributed by atoms with Gasteiger partial charge in [0.15, 0.2) is 0 Å². The minimum Gasteiger partial charge on any atom is -0.458 e. The van der Waals surface area contributed by atoms with E-state index in [1.165, 1.54) is 0 Å². The number of esters is 1. The number of hydrogen-bond acceptors (Lipinski definition) is 4. The number of rotatable bonds is 1. The number of carbonyl (C=O) groups is 1. The summed E-state index contributed by atoms with van der Waals surface area (Å²) < 4.78 is 5.29. The zero-order valence-corrected chi connectivity index (χ0v) is 11.1. The quantitative estimate of drug-likeness (QED) is 0.428. The maximum absolute atomic E-state index is 11.6. The minimum atomic E-state index is -0.836. The maximum atomic E-state index is 11.6. The van der Waals surface area contributed by atoms with Gasteiger partial charge in [0.05, 0.1) is 18.6 Å². The topological polar surface area (TPSA) is 66.8 Å². The molecule has 3 atom stereocenters. The smallest absolute Gasteiger partial charge is 0.334 e. The first-order valence-electron chi connectivity index (χ1n) is 6.57. The summed E-state index contributed by atoms with van der Waals surface area (Å²) in [7, 11) is 0. The summed E-state index contributed by atoms with van der Waals surface area (Å²) in [5.41, 5.74) is 2.23. The Morgan fingerprint density at radius 3 is 2.95 bits per heavy atom. The summed E-state index contributed by atoms with van der Waals surface area (Å²) in [5.74, 6) is -0.851. The molecule has 19 heavy (non-hydrogen) atoms. The molecule has 0 aromatic heterocycles. The Kier molecular flexibility index (Phi) is 4.22. The van der Waals surface area contributed by atoms with Gasteiger partial charge in [-0.2, -0.15) is 0 Å². The molecule has 1 aliphatic heterocycles. The molecule has 0 radical (unpaired) electrons. The van der Waals surface area contributed by atoms with E-state index in [1.54, 1.807) is 6.08 Å². The van der Waals surface area contributed by atoms with Crippen LogP contribution in [0, 0.1) is 5.92 Å². The molecular weight excluding hydrogens is 244 g/mol. The van der Waals surface area contributed by atoms with Crippen molar-refractivity contribution >= 4 is 5.97 Å². The molecule has 0 aromatic carbocycles. The molecule has 1 heterocycles. The van der Waals surface area contributed by atoms with Gasteiger partial charge in [0.2, 0.25) is 0 Å². The number of aliphatic hydroxyl groups is 2. The van der Waals surface area contributed by atoms with E-state index in [9.17, 15) is 15.0 Å². The number of ether oxygens (including phenoxy) is 1. The molecule has 2 aliphatic rings. The van der Waals surface area contributed by atoms with E-state index < -0.39 is 18.0 Å². The lowest BCUT2D eigenvalue weighted by atomic mass is 9.86. The lowest BCUT2D eigenvalue weighted by molar-refractivity contribution is -0.139. The summed E-state index contributed by atoms with van der Waals surface area (Å²) in [6.07, 6.45) is 4.68. The fraction of sp³-hybridized carbons (Fsp3) is 0.533. The SMILES string of the molecule is C=C1C(=O)O[C@@H]2CC(C)=CCCC(CO)=C[C@H](O)[C@@H]12. The summed E-state index contributed by atoms with van der Waals surface area (Å²) in [6.45, 7) is 5.63. The molecule has 2 rings (SSSR count). The van der Waals surface area contributed by atoms with Gasteiger partial charge in [0, 0.05) is 12.0 Å². The van der Waals surface area contributed by atoms with E-state index in [4.69, 9.17) is 4.74 Å². The Morgan fingerprint density at radius 1 is 1.53 bits per heavy atom. The van der Waals surface area contributed by atoms with E-state index in [-0.39, 0.29) is 12.7 Å². The highest BCUT2D eigenvalue weighted by Gasteiger charge is 2.42. The third-order valence-corrected chi connectivity index (χ3v) is 3.78. The molecule has 2 N–H and O–H groups in total. The van der Waals surface area contributed by atoms with Gasteiger partial charge in [-0.1, -0.05) is 24.3 Å². The fourth-order valence-electron chi connectivity index (χ4n) is 2.71. The Hall–Kier alpha value is -1.39. The van der Waals surface area contributed by atoms with Gasteiger partial charge >= 0.3 is 5.97 Å². The zero-order chi connectivity index (χ0) is 14.0. The number of aliphatic hydroxyl groups excluding tert-OH is 2. The predicted molar refractivity (Wildman–Crippen MR) is 71.3 cm³/mol. The number of fused-ring (bicyclic) bond motifs is 1. The molecular formula is C15H20O4. The first kappa shape index (κ1) is 14.0. The Balaban J connectivity index is 2.33. The monoisotopic (exact) mass is 264 g/mol. The maximum Gasteiger partial charge on any atom is 0.334 e. The van der Waals surface area contributed by atoms with Crippen LogP contribution in [-0.2, 0) is 9.53 Å². The molecule has 0 bridgehead atoms. The number of hydrogen-bond donors (Lipinski definition) is 2. The largest absolute Gasteiger partial charge is 0.458 e. The average Bonchev–Trinajstić information content (AvgIpc) is 2.63. The average molecular weight is 264 g/mol. The van der Waals surface area contributed by atoms with Gasteiger partial charge < -0.3 is 14.9 Å². The second-order valence-electron chi connectivity index (χ2n) is 5.26. The van der Waals surface area contributed by atoms with Crippen molar-refractivity contribution in [3.8, 4) is 0 Å². The molecule has 4 heteroatoms. The fourth-order valence-corrected chi connectivity index (χ4v) is 2.71. The van der Waals surface area contributed by atoms with Crippen LogP contribution in [0.1, 0.15) is 26.2 Å². The predicted octanol–water partition coefficient (Wildman–Crippen LogP) is 1.49. The van der Waals surface area contributed by atoms with E-state index in [2.05, 4.69) is 12.7 Å². The van der Waals surface area contributed by atoms with Gasteiger partial charge in [-0.15, -0.1) is 0 Å². The molecule has 104 valence electrons. The van der Waals surface area contributed by atoms with Crippen molar-refractivity contribution < 1.29 is 19.7 Å². The van der Waals surface area contributed by atoms with Crippen LogP contribution >= 0.6 is 0 Å². The molecule has 0 saturated carbocycles. The summed E-state index contributed by atoms with van der Waals surface area (Å²) in [4.78, 5) is 11.6. The van der Waals surface area contributed by atoms with Crippen LogP contribution in [0.25, 0.3) is 0 Å². The van der Waals surface area contributed by atoms with E-state index in [0.29, 0.717) is 18.4 Å². The Bertz CT molecular complexity index is 447. The van der Waals surface area contributed by atoms with Crippen LogP contribution in [0.2, 0.25) is 0 Å². The van der Waals surface area contributed by atoms with E-state index in [1.807, 2.05) is 6.92 Å². The molecule has 0 unspecified atom stereocenters. The molecule has 1 saturated heterocycles. The summed E-state index contributed by atoms with van der Waals surface area (Å²) in [5, 5.41) is 19.6. The molecule has 0 amide bonds. The standard InChI is InChI=1S/C15H20O4/c1-9-4-3-5-11(8-16)7-12(17)14-10(2)15(18)19-13(14)6-9/h4,7,12-14,16-17H,2-3,5-6,8H2,1H3/t12-,13+,14+/m0/s1. The molecule has 4 nitrogen and oxygen atoms in total. The van der Waals surface area contributed by atoms with Crippen molar-refractivity contribution in [1.29, 1.82) is 0 Å². The van der Waals surface area contributed by atoms with Gasteiger partial charge in [0.1, 0.15) is 6.10 Å². The van der Waals surface area contributed by atoms with Crippen molar-refractivity contribution in [2.24, 2.45) is 5.92 Å². The number of allylic oxidation sites excluding steroid dienone is 1. The molecule has 1 fully saturated rings. The third-order valence-electron chi connectivity index (χ3n) is 3.78. The van der Waals surface area contributed by atoms with Crippen LogP contribution in [0.15, 0.2) is 35.5 Å². The van der Waals surface area contributed by atoms with Gasteiger partial charge in [-0.25, -0.2) is 4.79 Å². The normalized spacial score (nSPS) is 32.3. The summed E-state index contributed by atoms with van der Waals surface area (Å²) in [6, 6.07) is 0. The van der Waals surface area contributed by atoms with Crippen molar-refractivity contribution in [2.75, 3.05) is 6.61 Å². The second kappa shape index (κ2) is 5.72. The van der Waals surface area contributed by atoms with Crippen molar-refractivity contribution in [3.05, 3.63) is 35.5 Å². The lowest BCUT2D eigenvalue weighted by Gasteiger charge is -2.23. The zero-order valence-electron chi connectivity index (χ0n) is 11.1. The van der Waals surface area contributed by atoms with E-state index in [0.717, 1.165) is 17.6 Å². The molecule has 0 aromatic rings. The minimum absolute atomic E-state index is 0.0807. The van der Waals surface area contributed by atoms with E-state index >= 15 is 0 Å². The highest BCUT2D eigenvalue weighted by Crippen LogP contribution is 2.34. The van der Waals surface area contributed by atoms with Crippen molar-refractivity contribution in [1.82, 2.24) is 0 Å². The molecule has 1 aliphatic carbocycles. The molecule has 0 spiro atoms. The lowest BCUT2D eigenvalue weighted by Crippen LogP contribution is -2.29. The van der Waals surface area contributed by atoms with Crippen LogP contribution in [-0.4, -0.2) is 35.0 Å². The van der Waals surface area contributed by atoms with Crippen molar-refractivity contribution in [3.63, 3.8) is 0 Å². The summed E-state index contributed by atoms with van der Waals surface area (Å²) >= 11 is 0. The first-order valence-corrected chi connectivity index (χ1v) is 6.57. The van der Waals surface area contributed by atoms with Gasteiger partial charge in [-0.3, -0.25) is 0 Å².